The number of carbonyl (C=O) groups is 1. The molecule has 3 nitrogen and oxygen atoms in total. The summed E-state index contributed by atoms with van der Waals surface area (Å²) >= 11 is 0. The fourth-order valence-electron chi connectivity index (χ4n) is 2.91. The first-order chi connectivity index (χ1) is 10.8. The summed E-state index contributed by atoms with van der Waals surface area (Å²) in [7, 11) is 0. The fourth-order valence-corrected chi connectivity index (χ4v) is 2.91. The van der Waals surface area contributed by atoms with Crippen LogP contribution in [0.5, 0.6) is 5.75 Å². The zero-order chi connectivity index (χ0) is 16.6. The lowest BCUT2D eigenvalue weighted by Gasteiger charge is -2.26. The Bertz CT molecular complexity index is 550. The third-order valence-corrected chi connectivity index (χ3v) is 4.80. The second kappa shape index (κ2) is 6.18. The first-order valence-electron chi connectivity index (χ1n) is 8.92. The number of rotatable bonds is 6. The van der Waals surface area contributed by atoms with Gasteiger partial charge in [-0.25, -0.2) is 0 Å². The van der Waals surface area contributed by atoms with E-state index in [1.54, 1.807) is 0 Å². The van der Waals surface area contributed by atoms with Crippen molar-refractivity contribution in [2.75, 3.05) is 6.54 Å². The zero-order valence-electron chi connectivity index (χ0n) is 14.8. The van der Waals surface area contributed by atoms with E-state index in [0.717, 1.165) is 31.1 Å². The Labute approximate surface area is 140 Å². The van der Waals surface area contributed by atoms with Crippen LogP contribution in [0.1, 0.15) is 58.9 Å². The quantitative estimate of drug-likeness (QED) is 0.789. The SMILES string of the molecule is CC(Oc1ccc(C(C)(C)C)cc1)C(=O)N(CC1CC1)C1CC1. The van der Waals surface area contributed by atoms with Crippen LogP contribution in [0.4, 0.5) is 0 Å². The Morgan fingerprint density at radius 1 is 1.17 bits per heavy atom. The normalized spacial score (nSPS) is 19.3. The Kier molecular flexibility index (Phi) is 4.39. The Balaban J connectivity index is 1.60. The van der Waals surface area contributed by atoms with Crippen LogP contribution < -0.4 is 4.74 Å². The van der Waals surface area contributed by atoms with Crippen molar-refractivity contribution in [1.82, 2.24) is 4.90 Å². The first-order valence-corrected chi connectivity index (χ1v) is 8.92. The molecule has 0 spiro atoms. The van der Waals surface area contributed by atoms with E-state index < -0.39 is 6.10 Å². The van der Waals surface area contributed by atoms with Crippen LogP contribution in [-0.2, 0) is 10.2 Å². The molecule has 2 saturated carbocycles. The molecule has 23 heavy (non-hydrogen) atoms. The molecule has 0 bridgehead atoms. The lowest BCUT2D eigenvalue weighted by Crippen LogP contribution is -2.43. The van der Waals surface area contributed by atoms with Gasteiger partial charge in [0.1, 0.15) is 5.75 Å². The van der Waals surface area contributed by atoms with Gasteiger partial charge in [0.05, 0.1) is 0 Å². The number of amides is 1. The molecule has 2 fully saturated rings. The van der Waals surface area contributed by atoms with Gasteiger partial charge in [-0.05, 0) is 61.6 Å². The lowest BCUT2D eigenvalue weighted by molar-refractivity contribution is -0.138. The third kappa shape index (κ3) is 4.27. The number of hydrogen-bond donors (Lipinski definition) is 0. The minimum absolute atomic E-state index is 0.132. The highest BCUT2D eigenvalue weighted by Crippen LogP contribution is 2.35. The van der Waals surface area contributed by atoms with Gasteiger partial charge in [0.15, 0.2) is 6.10 Å². The molecule has 3 rings (SSSR count). The predicted molar refractivity (Wildman–Crippen MR) is 92.7 cm³/mol. The Morgan fingerprint density at radius 3 is 2.26 bits per heavy atom. The maximum atomic E-state index is 12.7. The van der Waals surface area contributed by atoms with Crippen LogP contribution in [0.25, 0.3) is 0 Å². The van der Waals surface area contributed by atoms with Gasteiger partial charge in [-0.1, -0.05) is 32.9 Å². The maximum absolute atomic E-state index is 12.7. The van der Waals surface area contributed by atoms with Gasteiger partial charge in [0.2, 0.25) is 0 Å². The summed E-state index contributed by atoms with van der Waals surface area (Å²) in [5.41, 5.74) is 1.41. The summed E-state index contributed by atoms with van der Waals surface area (Å²) in [6.07, 6.45) is 4.46. The van der Waals surface area contributed by atoms with Crippen molar-refractivity contribution < 1.29 is 9.53 Å². The second-order valence-electron chi connectivity index (χ2n) is 8.20. The smallest absolute Gasteiger partial charge is 0.263 e. The average molecular weight is 315 g/mol. The Morgan fingerprint density at radius 2 is 1.78 bits per heavy atom. The van der Waals surface area contributed by atoms with Crippen molar-refractivity contribution in [1.29, 1.82) is 0 Å². The van der Waals surface area contributed by atoms with Crippen LogP contribution in [-0.4, -0.2) is 29.5 Å². The molecule has 1 atom stereocenters. The summed E-state index contributed by atoms with van der Waals surface area (Å²) in [4.78, 5) is 14.8. The standard InChI is InChI=1S/C20H29NO2/c1-14(19(22)21(17-9-10-17)13-15-5-6-15)23-18-11-7-16(8-12-18)20(2,3)4/h7-8,11-12,14-15,17H,5-6,9-10,13H2,1-4H3. The summed E-state index contributed by atoms with van der Waals surface area (Å²) < 4.78 is 5.91. The van der Waals surface area contributed by atoms with Gasteiger partial charge in [0, 0.05) is 12.6 Å². The molecular formula is C20H29NO2. The molecule has 0 saturated heterocycles. The predicted octanol–water partition coefficient (Wildman–Crippen LogP) is 4.15. The highest BCUT2D eigenvalue weighted by atomic mass is 16.5. The molecular weight excluding hydrogens is 286 g/mol. The van der Waals surface area contributed by atoms with Crippen LogP contribution in [0.2, 0.25) is 0 Å². The molecule has 1 aromatic carbocycles. The summed E-state index contributed by atoms with van der Waals surface area (Å²) in [5.74, 6) is 1.66. The van der Waals surface area contributed by atoms with E-state index in [9.17, 15) is 4.79 Å². The van der Waals surface area contributed by atoms with Crippen molar-refractivity contribution >= 4 is 5.91 Å². The van der Waals surface area contributed by atoms with E-state index in [0.29, 0.717) is 6.04 Å². The van der Waals surface area contributed by atoms with E-state index in [-0.39, 0.29) is 11.3 Å². The first kappa shape index (κ1) is 16.4. The fraction of sp³-hybridized carbons (Fsp3) is 0.650. The summed E-state index contributed by atoms with van der Waals surface area (Å²) in [5, 5.41) is 0. The second-order valence-corrected chi connectivity index (χ2v) is 8.20. The van der Waals surface area contributed by atoms with Crippen molar-refractivity contribution in [3.63, 3.8) is 0 Å². The molecule has 2 aliphatic carbocycles. The van der Waals surface area contributed by atoms with Gasteiger partial charge in [-0.15, -0.1) is 0 Å². The molecule has 0 heterocycles. The highest BCUT2D eigenvalue weighted by molar-refractivity contribution is 5.81. The number of hydrogen-bond acceptors (Lipinski definition) is 2. The van der Waals surface area contributed by atoms with Crippen LogP contribution in [0.3, 0.4) is 0 Å². The number of ether oxygens (including phenoxy) is 1. The van der Waals surface area contributed by atoms with Crippen molar-refractivity contribution in [3.05, 3.63) is 29.8 Å². The monoisotopic (exact) mass is 315 g/mol. The van der Waals surface area contributed by atoms with Crippen molar-refractivity contribution in [3.8, 4) is 5.75 Å². The van der Waals surface area contributed by atoms with Gasteiger partial charge < -0.3 is 9.64 Å². The van der Waals surface area contributed by atoms with E-state index in [2.05, 4.69) is 37.8 Å². The molecule has 0 radical (unpaired) electrons. The molecule has 126 valence electrons. The van der Waals surface area contributed by atoms with E-state index >= 15 is 0 Å². The maximum Gasteiger partial charge on any atom is 0.263 e. The average Bonchev–Trinajstić information content (AvgIpc) is 3.36. The van der Waals surface area contributed by atoms with Gasteiger partial charge in [-0.3, -0.25) is 4.79 Å². The van der Waals surface area contributed by atoms with Gasteiger partial charge in [0.25, 0.3) is 5.91 Å². The summed E-state index contributed by atoms with van der Waals surface area (Å²) in [6, 6.07) is 8.61. The lowest BCUT2D eigenvalue weighted by atomic mass is 9.87. The number of benzene rings is 1. The topological polar surface area (TPSA) is 29.5 Å². The number of nitrogens with zero attached hydrogens (tertiary/aromatic N) is 1. The zero-order valence-corrected chi connectivity index (χ0v) is 14.8. The van der Waals surface area contributed by atoms with Crippen LogP contribution in [0, 0.1) is 5.92 Å². The van der Waals surface area contributed by atoms with Crippen molar-refractivity contribution in [2.45, 2.75) is 70.9 Å². The summed E-state index contributed by atoms with van der Waals surface area (Å²) in [6.45, 7) is 9.39. The minimum atomic E-state index is -0.408. The molecule has 0 N–H and O–H groups in total. The van der Waals surface area contributed by atoms with E-state index in [1.165, 1.54) is 18.4 Å². The molecule has 2 aliphatic rings. The molecule has 1 aromatic rings. The van der Waals surface area contributed by atoms with Crippen molar-refractivity contribution in [2.24, 2.45) is 5.92 Å². The van der Waals surface area contributed by atoms with E-state index in [1.807, 2.05) is 19.1 Å². The Hall–Kier alpha value is -1.51. The number of carbonyl (C=O) groups excluding carboxylic acids is 1. The molecule has 3 heteroatoms. The third-order valence-electron chi connectivity index (χ3n) is 4.80. The van der Waals surface area contributed by atoms with Crippen LogP contribution in [0.15, 0.2) is 24.3 Å². The van der Waals surface area contributed by atoms with E-state index in [4.69, 9.17) is 4.74 Å². The minimum Gasteiger partial charge on any atom is -0.481 e. The van der Waals surface area contributed by atoms with Gasteiger partial charge >= 0.3 is 0 Å². The molecule has 1 unspecified atom stereocenters. The van der Waals surface area contributed by atoms with Crippen LogP contribution >= 0.6 is 0 Å². The van der Waals surface area contributed by atoms with Gasteiger partial charge in [-0.2, -0.15) is 0 Å². The highest BCUT2D eigenvalue weighted by Gasteiger charge is 2.38. The molecule has 0 aromatic heterocycles. The largest absolute Gasteiger partial charge is 0.481 e. The molecule has 0 aliphatic heterocycles. The molecule has 1 amide bonds.